The molecule has 1 aliphatic heterocycles. The highest BCUT2D eigenvalue weighted by Crippen LogP contribution is 2.28. The minimum Gasteiger partial charge on any atom is -0.339 e. The zero-order chi connectivity index (χ0) is 12.4. The summed E-state index contributed by atoms with van der Waals surface area (Å²) in [7, 11) is 0. The van der Waals surface area contributed by atoms with Gasteiger partial charge in [0, 0.05) is 16.6 Å². The predicted molar refractivity (Wildman–Crippen MR) is 72.3 cm³/mol. The topological polar surface area (TPSA) is 51.0 Å². The van der Waals surface area contributed by atoms with Gasteiger partial charge in [0.25, 0.3) is 0 Å². The fraction of sp³-hybridized carbons (Fsp3) is 0.385. The lowest BCUT2D eigenvalue weighted by Crippen LogP contribution is -2.28. The van der Waals surface area contributed by atoms with E-state index in [-0.39, 0.29) is 0 Å². The maximum absolute atomic E-state index is 5.39. The molecular weight excluding hydrogens is 294 g/mol. The molecule has 0 radical (unpaired) electrons. The van der Waals surface area contributed by atoms with E-state index in [1.165, 1.54) is 0 Å². The second-order valence-corrected chi connectivity index (χ2v) is 5.33. The quantitative estimate of drug-likeness (QED) is 0.926. The maximum atomic E-state index is 5.39. The molecule has 5 heteroatoms. The van der Waals surface area contributed by atoms with Gasteiger partial charge in [-0.1, -0.05) is 33.2 Å². The minimum absolute atomic E-state index is 0.350. The Morgan fingerprint density at radius 3 is 3.00 bits per heavy atom. The van der Waals surface area contributed by atoms with Crippen LogP contribution in [0.4, 0.5) is 0 Å². The summed E-state index contributed by atoms with van der Waals surface area (Å²) in [4.78, 5) is 4.52. The number of aromatic nitrogens is 2. The highest BCUT2D eigenvalue weighted by Gasteiger charge is 2.22. The number of benzene rings is 1. The fourth-order valence-corrected chi connectivity index (χ4v) is 2.68. The van der Waals surface area contributed by atoms with Crippen molar-refractivity contribution in [1.82, 2.24) is 15.5 Å². The average Bonchev–Trinajstić information content (AvgIpc) is 2.90. The van der Waals surface area contributed by atoms with Gasteiger partial charge in [-0.25, -0.2) is 0 Å². The van der Waals surface area contributed by atoms with E-state index in [1.54, 1.807) is 0 Å². The van der Waals surface area contributed by atoms with Crippen molar-refractivity contribution in [2.75, 3.05) is 13.1 Å². The second-order valence-electron chi connectivity index (χ2n) is 4.48. The predicted octanol–water partition coefficient (Wildman–Crippen LogP) is 2.97. The zero-order valence-electron chi connectivity index (χ0n) is 9.90. The van der Waals surface area contributed by atoms with Crippen molar-refractivity contribution in [3.63, 3.8) is 0 Å². The van der Waals surface area contributed by atoms with Gasteiger partial charge in [-0.3, -0.25) is 0 Å². The monoisotopic (exact) mass is 307 g/mol. The lowest BCUT2D eigenvalue weighted by molar-refractivity contribution is 0.322. The minimum atomic E-state index is 0.350. The van der Waals surface area contributed by atoms with E-state index in [1.807, 2.05) is 24.3 Å². The average molecular weight is 308 g/mol. The lowest BCUT2D eigenvalue weighted by Gasteiger charge is -2.18. The molecule has 1 aliphatic rings. The van der Waals surface area contributed by atoms with Crippen molar-refractivity contribution in [3.05, 3.63) is 34.6 Å². The van der Waals surface area contributed by atoms with Crippen LogP contribution in [0.1, 0.15) is 24.7 Å². The van der Waals surface area contributed by atoms with Gasteiger partial charge in [-0.15, -0.1) is 0 Å². The molecule has 3 rings (SSSR count). The van der Waals surface area contributed by atoms with Crippen molar-refractivity contribution in [1.29, 1.82) is 0 Å². The van der Waals surface area contributed by atoms with Crippen molar-refractivity contribution >= 4 is 15.9 Å². The standard InChI is InChI=1S/C13H14BrN3O/c14-11-6-2-1-5-10(11)12-16-13(18-17-12)9-4-3-7-15-8-9/h1-2,5-6,9,15H,3-4,7-8H2/t9-/m0/s1. The first kappa shape index (κ1) is 11.9. The van der Waals surface area contributed by atoms with Gasteiger partial charge >= 0.3 is 0 Å². The molecule has 1 N–H and O–H groups in total. The molecule has 0 unspecified atom stereocenters. The molecule has 0 aliphatic carbocycles. The third-order valence-corrected chi connectivity index (χ3v) is 3.89. The Hall–Kier alpha value is -1.20. The zero-order valence-corrected chi connectivity index (χ0v) is 11.5. The van der Waals surface area contributed by atoms with Gasteiger partial charge in [-0.05, 0) is 31.5 Å². The molecule has 0 bridgehead atoms. The number of nitrogens with zero attached hydrogens (tertiary/aromatic N) is 2. The Bertz CT molecular complexity index is 535. The Kier molecular flexibility index (Phi) is 3.43. The third kappa shape index (κ3) is 2.33. The van der Waals surface area contributed by atoms with Gasteiger partial charge in [0.1, 0.15) is 0 Å². The molecule has 0 amide bonds. The summed E-state index contributed by atoms with van der Waals surface area (Å²) in [5.41, 5.74) is 0.969. The number of halogens is 1. The largest absolute Gasteiger partial charge is 0.339 e. The molecule has 0 saturated carbocycles. The molecular formula is C13H14BrN3O. The van der Waals surface area contributed by atoms with Crippen LogP contribution in [0, 0.1) is 0 Å². The highest BCUT2D eigenvalue weighted by molar-refractivity contribution is 9.10. The van der Waals surface area contributed by atoms with E-state index in [2.05, 4.69) is 31.4 Å². The van der Waals surface area contributed by atoms with E-state index < -0.39 is 0 Å². The van der Waals surface area contributed by atoms with Crippen molar-refractivity contribution in [2.45, 2.75) is 18.8 Å². The lowest BCUT2D eigenvalue weighted by atomic mass is 10.00. The SMILES string of the molecule is Brc1ccccc1-c1noc([C@H]2CCCNC2)n1. The number of nitrogens with one attached hydrogen (secondary N) is 1. The van der Waals surface area contributed by atoms with Crippen LogP contribution in [-0.2, 0) is 0 Å². The summed E-state index contributed by atoms with van der Waals surface area (Å²) in [6.45, 7) is 2.01. The van der Waals surface area contributed by atoms with Gasteiger partial charge in [0.05, 0.1) is 5.92 Å². The summed E-state index contributed by atoms with van der Waals surface area (Å²) in [6.07, 6.45) is 2.28. The Morgan fingerprint density at radius 2 is 2.22 bits per heavy atom. The van der Waals surface area contributed by atoms with Crippen LogP contribution < -0.4 is 5.32 Å². The molecule has 1 aromatic carbocycles. The van der Waals surface area contributed by atoms with Crippen LogP contribution in [0.5, 0.6) is 0 Å². The van der Waals surface area contributed by atoms with Crippen LogP contribution in [-0.4, -0.2) is 23.2 Å². The van der Waals surface area contributed by atoms with E-state index in [0.29, 0.717) is 11.7 Å². The Balaban J connectivity index is 1.87. The Morgan fingerprint density at radius 1 is 1.33 bits per heavy atom. The summed E-state index contributed by atoms with van der Waals surface area (Å²) < 4.78 is 6.38. The Labute approximate surface area is 114 Å². The fourth-order valence-electron chi connectivity index (χ4n) is 2.22. The number of rotatable bonds is 2. The second kappa shape index (κ2) is 5.20. The van der Waals surface area contributed by atoms with E-state index >= 15 is 0 Å². The van der Waals surface area contributed by atoms with E-state index in [4.69, 9.17) is 4.52 Å². The molecule has 1 fully saturated rings. The summed E-state index contributed by atoms with van der Waals surface area (Å²) >= 11 is 3.50. The third-order valence-electron chi connectivity index (χ3n) is 3.20. The van der Waals surface area contributed by atoms with E-state index in [9.17, 15) is 0 Å². The molecule has 2 heterocycles. The molecule has 1 saturated heterocycles. The summed E-state index contributed by atoms with van der Waals surface area (Å²) in [6, 6.07) is 7.91. The highest BCUT2D eigenvalue weighted by atomic mass is 79.9. The number of hydrogen-bond acceptors (Lipinski definition) is 4. The van der Waals surface area contributed by atoms with Crippen LogP contribution in [0.2, 0.25) is 0 Å². The molecule has 18 heavy (non-hydrogen) atoms. The van der Waals surface area contributed by atoms with Crippen LogP contribution >= 0.6 is 15.9 Å². The molecule has 94 valence electrons. The molecule has 2 aromatic rings. The van der Waals surface area contributed by atoms with Crippen LogP contribution in [0.15, 0.2) is 33.3 Å². The molecule has 0 spiro atoms. The number of hydrogen-bond donors (Lipinski definition) is 1. The van der Waals surface area contributed by atoms with Crippen molar-refractivity contribution in [3.8, 4) is 11.4 Å². The first-order valence-electron chi connectivity index (χ1n) is 6.14. The summed E-state index contributed by atoms with van der Waals surface area (Å²) in [5, 5.41) is 7.44. The van der Waals surface area contributed by atoms with Gasteiger partial charge in [0.15, 0.2) is 0 Å². The molecule has 1 atom stereocenters. The van der Waals surface area contributed by atoms with E-state index in [0.717, 1.165) is 41.9 Å². The molecule has 4 nitrogen and oxygen atoms in total. The molecule has 1 aromatic heterocycles. The first-order valence-corrected chi connectivity index (χ1v) is 6.93. The smallest absolute Gasteiger partial charge is 0.231 e. The van der Waals surface area contributed by atoms with Gasteiger partial charge in [0.2, 0.25) is 11.7 Å². The first-order chi connectivity index (χ1) is 8.84. The van der Waals surface area contributed by atoms with Crippen molar-refractivity contribution < 1.29 is 4.52 Å². The van der Waals surface area contributed by atoms with Crippen LogP contribution in [0.25, 0.3) is 11.4 Å². The van der Waals surface area contributed by atoms with Crippen molar-refractivity contribution in [2.24, 2.45) is 0 Å². The van der Waals surface area contributed by atoms with Gasteiger partial charge < -0.3 is 9.84 Å². The number of piperidine rings is 1. The maximum Gasteiger partial charge on any atom is 0.231 e. The van der Waals surface area contributed by atoms with Gasteiger partial charge in [-0.2, -0.15) is 4.98 Å². The van der Waals surface area contributed by atoms with Crippen LogP contribution in [0.3, 0.4) is 0 Å². The summed E-state index contributed by atoms with van der Waals surface area (Å²) in [5.74, 6) is 1.75. The normalized spacial score (nSPS) is 19.9.